The number of methoxy groups -OCH3 is 1. The summed E-state index contributed by atoms with van der Waals surface area (Å²) in [4.78, 5) is 15.1. The Balaban J connectivity index is 1.38. The maximum atomic E-state index is 13.1. The van der Waals surface area contributed by atoms with Gasteiger partial charge in [-0.1, -0.05) is 91.0 Å². The number of carbonyl (C=O) groups excluding carboxylic acids is 1. The first kappa shape index (κ1) is 26.1. The van der Waals surface area contributed by atoms with E-state index in [4.69, 9.17) is 9.47 Å². The molecule has 0 aliphatic heterocycles. The van der Waals surface area contributed by atoms with Gasteiger partial charge in [0.05, 0.1) is 19.8 Å². The molecule has 0 heterocycles. The van der Waals surface area contributed by atoms with E-state index in [0.29, 0.717) is 31.2 Å². The fourth-order valence-electron chi connectivity index (χ4n) is 4.28. The predicted octanol–water partition coefficient (Wildman–Crippen LogP) is 5.94. The van der Waals surface area contributed by atoms with E-state index in [9.17, 15) is 9.90 Å². The molecule has 0 bridgehead atoms. The van der Waals surface area contributed by atoms with Crippen molar-refractivity contribution in [2.75, 3.05) is 26.8 Å². The molecular weight excluding hydrogens is 462 g/mol. The van der Waals surface area contributed by atoms with E-state index in [1.54, 1.807) is 7.11 Å². The lowest BCUT2D eigenvalue weighted by Crippen LogP contribution is -2.33. The molecule has 0 aromatic heterocycles. The monoisotopic (exact) mass is 495 g/mol. The van der Waals surface area contributed by atoms with E-state index >= 15 is 0 Å². The fraction of sp³-hybridized carbons (Fsp3) is 0.219. The molecule has 5 nitrogen and oxygen atoms in total. The summed E-state index contributed by atoms with van der Waals surface area (Å²) in [5.41, 5.74) is 3.95. The van der Waals surface area contributed by atoms with Gasteiger partial charge in [0.1, 0.15) is 12.4 Å². The third kappa shape index (κ3) is 7.78. The third-order valence-electron chi connectivity index (χ3n) is 6.18. The first-order valence-corrected chi connectivity index (χ1v) is 12.5. The maximum absolute atomic E-state index is 13.1. The van der Waals surface area contributed by atoms with Crippen LogP contribution in [0, 0.1) is 0 Å². The fourth-order valence-corrected chi connectivity index (χ4v) is 4.28. The summed E-state index contributed by atoms with van der Waals surface area (Å²) in [6, 6.07) is 35.3. The highest BCUT2D eigenvalue weighted by molar-refractivity contribution is 5.81. The third-order valence-corrected chi connectivity index (χ3v) is 6.18. The number of aliphatic hydroxyl groups excluding tert-OH is 1. The van der Waals surface area contributed by atoms with Crippen molar-refractivity contribution >= 4 is 5.78 Å². The number of hydrogen-bond donors (Lipinski definition) is 1. The molecule has 0 aliphatic carbocycles. The van der Waals surface area contributed by atoms with E-state index in [1.807, 2.05) is 109 Å². The number of nitrogens with zero attached hydrogens (tertiary/aromatic N) is 1. The SMILES string of the molecule is COc1ccccc1OCCN(CC(=O)CC(O)c1cccc(-c2ccccc2)c1)Cc1ccccc1. The maximum Gasteiger partial charge on any atom is 0.161 e. The lowest BCUT2D eigenvalue weighted by atomic mass is 9.98. The summed E-state index contributed by atoms with van der Waals surface area (Å²) < 4.78 is 11.3. The standard InChI is InChI=1S/C32H33NO4/c1-36-31-17-8-9-18-32(31)37-20-19-33(23-25-11-4-2-5-12-25)24-29(34)22-30(35)28-16-10-15-27(21-28)26-13-6-3-7-14-26/h2-18,21,30,35H,19-20,22-24H2,1H3. The quantitative estimate of drug-likeness (QED) is 0.249. The van der Waals surface area contributed by atoms with Crippen molar-refractivity contribution in [1.29, 1.82) is 0 Å². The molecule has 0 saturated heterocycles. The second-order valence-electron chi connectivity index (χ2n) is 8.95. The average Bonchev–Trinajstić information content (AvgIpc) is 2.94. The van der Waals surface area contributed by atoms with Gasteiger partial charge in [-0.05, 0) is 40.5 Å². The second kappa shape index (κ2) is 13.4. The Bertz CT molecular complexity index is 1260. The van der Waals surface area contributed by atoms with E-state index < -0.39 is 6.10 Å². The molecule has 1 unspecified atom stereocenters. The molecular formula is C32H33NO4. The van der Waals surface area contributed by atoms with Gasteiger partial charge >= 0.3 is 0 Å². The van der Waals surface area contributed by atoms with Crippen LogP contribution in [0.3, 0.4) is 0 Å². The van der Waals surface area contributed by atoms with Crippen molar-refractivity contribution in [3.8, 4) is 22.6 Å². The molecule has 4 rings (SSSR count). The second-order valence-corrected chi connectivity index (χ2v) is 8.95. The predicted molar refractivity (Wildman–Crippen MR) is 147 cm³/mol. The lowest BCUT2D eigenvalue weighted by Gasteiger charge is -2.23. The Morgan fingerprint density at radius 2 is 1.46 bits per heavy atom. The molecule has 0 aliphatic rings. The molecule has 1 atom stereocenters. The van der Waals surface area contributed by atoms with Crippen molar-refractivity contribution in [3.05, 3.63) is 120 Å². The number of rotatable bonds is 13. The molecule has 4 aromatic rings. The van der Waals surface area contributed by atoms with Gasteiger partial charge in [-0.3, -0.25) is 9.69 Å². The van der Waals surface area contributed by atoms with Crippen LogP contribution in [-0.4, -0.2) is 42.6 Å². The molecule has 0 amide bonds. The average molecular weight is 496 g/mol. The van der Waals surface area contributed by atoms with Crippen molar-refractivity contribution in [2.24, 2.45) is 0 Å². The topological polar surface area (TPSA) is 59.0 Å². The zero-order chi connectivity index (χ0) is 25.9. The van der Waals surface area contributed by atoms with Crippen LogP contribution in [0.1, 0.15) is 23.7 Å². The summed E-state index contributed by atoms with van der Waals surface area (Å²) in [5.74, 6) is 1.32. The molecule has 4 aromatic carbocycles. The number of ether oxygens (including phenoxy) is 2. The van der Waals surface area contributed by atoms with Gasteiger partial charge in [-0.15, -0.1) is 0 Å². The summed E-state index contributed by atoms with van der Waals surface area (Å²) in [6.45, 7) is 1.79. The summed E-state index contributed by atoms with van der Waals surface area (Å²) >= 11 is 0. The Morgan fingerprint density at radius 3 is 2.19 bits per heavy atom. The molecule has 0 radical (unpaired) electrons. The van der Waals surface area contributed by atoms with Crippen molar-refractivity contribution < 1.29 is 19.4 Å². The number of hydrogen-bond acceptors (Lipinski definition) is 5. The van der Waals surface area contributed by atoms with Gasteiger partial charge in [-0.2, -0.15) is 0 Å². The Kier molecular flexibility index (Phi) is 9.47. The van der Waals surface area contributed by atoms with Crippen LogP contribution >= 0.6 is 0 Å². The minimum atomic E-state index is -0.862. The van der Waals surface area contributed by atoms with Crippen molar-refractivity contribution in [1.82, 2.24) is 4.90 Å². The van der Waals surface area contributed by atoms with Gasteiger partial charge in [0.25, 0.3) is 0 Å². The normalized spacial score (nSPS) is 11.8. The molecule has 0 fully saturated rings. The number of Topliss-reactive ketones (excluding diaryl/α,β-unsaturated/α-hetero) is 1. The van der Waals surface area contributed by atoms with Crippen LogP contribution in [-0.2, 0) is 11.3 Å². The van der Waals surface area contributed by atoms with Crippen LogP contribution < -0.4 is 9.47 Å². The molecule has 190 valence electrons. The van der Waals surface area contributed by atoms with E-state index in [1.165, 1.54) is 0 Å². The van der Waals surface area contributed by atoms with E-state index in [-0.39, 0.29) is 18.7 Å². The minimum Gasteiger partial charge on any atom is -0.493 e. The number of ketones is 1. The zero-order valence-corrected chi connectivity index (χ0v) is 21.1. The molecule has 5 heteroatoms. The van der Waals surface area contributed by atoms with Crippen molar-refractivity contribution in [2.45, 2.75) is 19.1 Å². The molecule has 0 spiro atoms. The van der Waals surface area contributed by atoms with Gasteiger partial charge in [-0.25, -0.2) is 0 Å². The van der Waals surface area contributed by atoms with Crippen LogP contribution in [0.2, 0.25) is 0 Å². The van der Waals surface area contributed by atoms with Crippen LogP contribution in [0.25, 0.3) is 11.1 Å². The Labute approximate surface area is 218 Å². The molecule has 1 N–H and O–H groups in total. The molecule has 37 heavy (non-hydrogen) atoms. The van der Waals surface area contributed by atoms with Crippen LogP contribution in [0.15, 0.2) is 109 Å². The van der Waals surface area contributed by atoms with Crippen LogP contribution in [0.4, 0.5) is 0 Å². The van der Waals surface area contributed by atoms with E-state index in [0.717, 1.165) is 22.3 Å². The first-order valence-electron chi connectivity index (χ1n) is 12.5. The number of benzene rings is 4. The van der Waals surface area contributed by atoms with Gasteiger partial charge in [0.15, 0.2) is 11.5 Å². The number of para-hydroxylation sites is 2. The minimum absolute atomic E-state index is 0.0224. The van der Waals surface area contributed by atoms with Gasteiger partial charge in [0.2, 0.25) is 0 Å². The summed E-state index contributed by atoms with van der Waals surface area (Å²) in [6.07, 6.45) is -0.809. The van der Waals surface area contributed by atoms with Crippen molar-refractivity contribution in [3.63, 3.8) is 0 Å². The smallest absolute Gasteiger partial charge is 0.161 e. The first-order chi connectivity index (χ1) is 18.1. The summed E-state index contributed by atoms with van der Waals surface area (Å²) in [5, 5.41) is 10.9. The highest BCUT2D eigenvalue weighted by atomic mass is 16.5. The highest BCUT2D eigenvalue weighted by Crippen LogP contribution is 2.26. The highest BCUT2D eigenvalue weighted by Gasteiger charge is 2.18. The van der Waals surface area contributed by atoms with Gasteiger partial charge in [0, 0.05) is 19.5 Å². The Morgan fingerprint density at radius 1 is 0.811 bits per heavy atom. The number of carbonyl (C=O) groups is 1. The zero-order valence-electron chi connectivity index (χ0n) is 21.1. The van der Waals surface area contributed by atoms with Gasteiger partial charge < -0.3 is 14.6 Å². The lowest BCUT2D eigenvalue weighted by molar-refractivity contribution is -0.122. The Hall–Kier alpha value is -3.93. The van der Waals surface area contributed by atoms with E-state index in [2.05, 4.69) is 4.90 Å². The van der Waals surface area contributed by atoms with Crippen LogP contribution in [0.5, 0.6) is 11.5 Å². The number of aliphatic hydroxyl groups is 1. The summed E-state index contributed by atoms with van der Waals surface area (Å²) in [7, 11) is 1.61. The largest absolute Gasteiger partial charge is 0.493 e. The molecule has 0 saturated carbocycles.